The molecule has 1 aliphatic heterocycles. The fourth-order valence-corrected chi connectivity index (χ4v) is 4.66. The molecular formula is C35H43BBrN9O5. The van der Waals surface area contributed by atoms with Gasteiger partial charge in [-0.05, 0) is 61.8 Å². The number of ether oxygens (including phenoxy) is 2. The Balaban J connectivity index is 0.000000155. The van der Waals surface area contributed by atoms with Gasteiger partial charge in [0.05, 0.1) is 37.8 Å². The van der Waals surface area contributed by atoms with E-state index in [0.717, 1.165) is 32.2 Å². The van der Waals surface area contributed by atoms with Gasteiger partial charge in [-0.25, -0.2) is 9.97 Å². The van der Waals surface area contributed by atoms with Crippen LogP contribution in [0.25, 0.3) is 22.3 Å². The summed E-state index contributed by atoms with van der Waals surface area (Å²) in [6, 6.07) is 10.7. The summed E-state index contributed by atoms with van der Waals surface area (Å²) in [4.78, 5) is 21.4. The largest absolute Gasteiger partial charge is 0.498 e. The van der Waals surface area contributed by atoms with Crippen molar-refractivity contribution in [3.8, 4) is 34.0 Å². The number of pyridine rings is 3. The Morgan fingerprint density at radius 1 is 0.667 bits per heavy atom. The lowest BCUT2D eigenvalue weighted by Gasteiger charge is -2.32. The quantitative estimate of drug-likeness (QED) is 0.242. The van der Waals surface area contributed by atoms with E-state index in [0.29, 0.717) is 11.8 Å². The molecule has 0 atom stereocenters. The molecule has 16 heteroatoms. The summed E-state index contributed by atoms with van der Waals surface area (Å²) in [6.45, 7) is 8.18. The van der Waals surface area contributed by atoms with Crippen LogP contribution in [0.4, 0.5) is 0 Å². The first-order chi connectivity index (χ1) is 24.2. The number of methoxy groups -OCH3 is 2. The number of nitrogens with one attached hydrogen (secondary N) is 1. The zero-order valence-corrected chi connectivity index (χ0v) is 31.8. The van der Waals surface area contributed by atoms with Crippen LogP contribution >= 0.6 is 15.9 Å². The van der Waals surface area contributed by atoms with Crippen molar-refractivity contribution in [1.82, 2.24) is 44.3 Å². The molecule has 0 unspecified atom stereocenters. The lowest BCUT2D eigenvalue weighted by Crippen LogP contribution is -2.41. The topological polar surface area (TPSA) is 149 Å². The number of nitrogens with zero attached hydrogens (tertiary/aromatic N) is 8. The molecule has 0 aliphatic carbocycles. The molecule has 1 saturated heterocycles. The minimum Gasteiger partial charge on any atom is -0.481 e. The average molecular weight is 761 g/mol. The minimum absolute atomic E-state index is 0.0901. The first-order valence-corrected chi connectivity index (χ1v) is 16.7. The van der Waals surface area contributed by atoms with Crippen LogP contribution in [-0.4, -0.2) is 76.8 Å². The van der Waals surface area contributed by atoms with Gasteiger partial charge < -0.3 is 23.8 Å². The van der Waals surface area contributed by atoms with E-state index >= 15 is 0 Å². The van der Waals surface area contributed by atoms with Gasteiger partial charge in [-0.2, -0.15) is 15.3 Å². The van der Waals surface area contributed by atoms with E-state index in [4.69, 9.17) is 18.8 Å². The molecule has 268 valence electrons. The number of halogens is 1. The van der Waals surface area contributed by atoms with Crippen LogP contribution in [0, 0.1) is 0 Å². The third-order valence-electron chi connectivity index (χ3n) is 7.97. The predicted octanol–water partition coefficient (Wildman–Crippen LogP) is 4.84. The number of aromatic nitrogens is 9. The molecule has 0 aromatic carbocycles. The summed E-state index contributed by atoms with van der Waals surface area (Å²) in [5, 5.41) is 12.2. The first kappa shape index (κ1) is 38.7. The van der Waals surface area contributed by atoms with Gasteiger partial charge in [-0.15, -0.1) is 0 Å². The molecule has 6 aromatic heterocycles. The van der Waals surface area contributed by atoms with Crippen LogP contribution < -0.4 is 20.5 Å². The summed E-state index contributed by atoms with van der Waals surface area (Å²) < 4.78 is 27.8. The molecule has 0 bridgehead atoms. The molecule has 0 spiro atoms. The number of hydrogen-bond donors (Lipinski definition) is 1. The van der Waals surface area contributed by atoms with Crippen LogP contribution in [0.5, 0.6) is 11.8 Å². The third-order valence-corrected chi connectivity index (χ3v) is 8.43. The number of aryl methyl sites for hydroxylation is 3. The van der Waals surface area contributed by atoms with Gasteiger partial charge in [0.15, 0.2) is 0 Å². The molecule has 0 radical (unpaired) electrons. The Morgan fingerprint density at radius 3 is 1.59 bits per heavy atom. The van der Waals surface area contributed by atoms with Crippen LogP contribution in [-0.2, 0) is 30.5 Å². The molecule has 6 aromatic rings. The molecule has 14 nitrogen and oxygen atoms in total. The summed E-state index contributed by atoms with van der Waals surface area (Å²) in [5.74, 6) is 1.26. The van der Waals surface area contributed by atoms with Crippen LogP contribution in [0.2, 0.25) is 0 Å². The Kier molecular flexibility index (Phi) is 13.1. The Labute approximate surface area is 306 Å². The summed E-state index contributed by atoms with van der Waals surface area (Å²) >= 11 is 3.26. The van der Waals surface area contributed by atoms with Crippen LogP contribution in [0.15, 0.2) is 101 Å². The zero-order chi connectivity index (χ0) is 37.2. The van der Waals surface area contributed by atoms with Crippen molar-refractivity contribution in [3.63, 3.8) is 0 Å². The lowest BCUT2D eigenvalue weighted by molar-refractivity contribution is 0.00578. The second-order valence-electron chi connectivity index (χ2n) is 12.4. The van der Waals surface area contributed by atoms with Crippen molar-refractivity contribution < 1.29 is 18.8 Å². The molecule has 51 heavy (non-hydrogen) atoms. The maximum absolute atomic E-state index is 10.8. The Hall–Kier alpha value is -5.06. The Morgan fingerprint density at radius 2 is 1.18 bits per heavy atom. The van der Waals surface area contributed by atoms with Crippen molar-refractivity contribution in [2.75, 3.05) is 14.2 Å². The predicted molar refractivity (Wildman–Crippen MR) is 200 cm³/mol. The Bertz CT molecular complexity index is 1990. The van der Waals surface area contributed by atoms with E-state index < -0.39 is 0 Å². The van der Waals surface area contributed by atoms with Gasteiger partial charge in [0.1, 0.15) is 0 Å². The van der Waals surface area contributed by atoms with E-state index in [9.17, 15) is 4.79 Å². The van der Waals surface area contributed by atoms with Gasteiger partial charge in [0.25, 0.3) is 0 Å². The molecule has 1 N–H and O–H groups in total. The van der Waals surface area contributed by atoms with Gasteiger partial charge >= 0.3 is 7.12 Å². The molecule has 1 aliphatic rings. The van der Waals surface area contributed by atoms with Crippen molar-refractivity contribution >= 4 is 28.5 Å². The molecule has 1 fully saturated rings. The van der Waals surface area contributed by atoms with E-state index in [2.05, 4.69) is 46.2 Å². The number of hydrogen-bond acceptors (Lipinski definition) is 10. The molecule has 7 heterocycles. The highest BCUT2D eigenvalue weighted by molar-refractivity contribution is 9.10. The fraction of sp³-hybridized carbons (Fsp3) is 0.314. The van der Waals surface area contributed by atoms with Gasteiger partial charge in [-0.1, -0.05) is 0 Å². The maximum atomic E-state index is 10.8. The van der Waals surface area contributed by atoms with Crippen molar-refractivity contribution in [2.45, 2.75) is 38.9 Å². The highest BCUT2D eigenvalue weighted by Gasteiger charge is 2.52. The second kappa shape index (κ2) is 17.2. The van der Waals surface area contributed by atoms with Crippen molar-refractivity contribution in [1.29, 1.82) is 0 Å². The fourth-order valence-electron chi connectivity index (χ4n) is 4.43. The molecule has 0 saturated carbocycles. The molecule has 0 amide bonds. The van der Waals surface area contributed by atoms with Crippen molar-refractivity contribution in [3.05, 3.63) is 107 Å². The van der Waals surface area contributed by atoms with Gasteiger partial charge in [0, 0.05) is 115 Å². The summed E-state index contributed by atoms with van der Waals surface area (Å²) in [5.41, 5.74) is 4.37. The lowest BCUT2D eigenvalue weighted by atomic mass is 9.82. The number of aromatic amines is 1. The highest BCUT2D eigenvalue weighted by Crippen LogP contribution is 2.36. The van der Waals surface area contributed by atoms with E-state index in [1.54, 1.807) is 71.4 Å². The van der Waals surface area contributed by atoms with Crippen LogP contribution in [0.1, 0.15) is 27.7 Å². The number of H-pyrrole nitrogens is 1. The SMILES string of the molecule is COc1ccc(-c2cnn(C)c2)cn1.COc1ccc(Br)cn1.Cn1cc(-c2ccc(=O)[nH]c2)cn1.Cn1cc(B2OC(C)(C)C(C)(C)O2)cn1. The summed E-state index contributed by atoms with van der Waals surface area (Å²) in [7, 11) is 8.52. The van der Waals surface area contributed by atoms with Gasteiger partial charge in [0.2, 0.25) is 17.3 Å². The smallest absolute Gasteiger partial charge is 0.481 e. The molecule has 7 rings (SSSR count). The van der Waals surface area contributed by atoms with E-state index in [1.807, 2.05) is 91.8 Å². The third kappa shape index (κ3) is 11.0. The normalized spacial score (nSPS) is 13.9. The molecular weight excluding hydrogens is 717 g/mol. The average Bonchev–Trinajstić information content (AvgIpc) is 3.90. The minimum atomic E-state index is -0.302. The van der Waals surface area contributed by atoms with Crippen molar-refractivity contribution in [2.24, 2.45) is 21.1 Å². The summed E-state index contributed by atoms with van der Waals surface area (Å²) in [6.07, 6.45) is 16.3. The first-order valence-electron chi connectivity index (χ1n) is 15.9. The van der Waals surface area contributed by atoms with E-state index in [1.165, 1.54) is 6.07 Å². The van der Waals surface area contributed by atoms with Gasteiger partial charge in [-0.3, -0.25) is 18.8 Å². The second-order valence-corrected chi connectivity index (χ2v) is 13.3. The zero-order valence-electron chi connectivity index (χ0n) is 30.2. The standard InChI is InChI=1S/C10H17BN2O2.C10H11N3O.C9H9N3O.C6H6BrNO/c1-9(2)10(3,4)15-11(14-9)8-6-12-13(5)7-8;1-13-7-9(6-12-13)8-3-4-10(14-2)11-5-8;1-12-6-8(5-11-12)7-2-3-9(13)10-4-7;1-9-6-3-2-5(7)4-8-6/h6-7H,1-5H3;3-7H,1-2H3;2-6H,1H3,(H,10,13);2-4H,1H3. The highest BCUT2D eigenvalue weighted by atomic mass is 79.9. The van der Waals surface area contributed by atoms with E-state index in [-0.39, 0.29) is 23.9 Å². The number of rotatable bonds is 5. The monoisotopic (exact) mass is 759 g/mol. The maximum Gasteiger partial charge on any atom is 0.498 e. The van der Waals surface area contributed by atoms with Crippen LogP contribution in [0.3, 0.4) is 0 Å².